The van der Waals surface area contributed by atoms with Crippen molar-refractivity contribution in [3.63, 3.8) is 0 Å². The molecule has 94 valence electrons. The van der Waals surface area contributed by atoms with Gasteiger partial charge in [0.2, 0.25) is 5.91 Å². The Morgan fingerprint density at radius 2 is 2.22 bits per heavy atom. The minimum absolute atomic E-state index is 0.0916. The minimum atomic E-state index is -0.123. The molecule has 2 rings (SSSR count). The van der Waals surface area contributed by atoms with Crippen LogP contribution in [-0.4, -0.2) is 15.7 Å². The van der Waals surface area contributed by atoms with E-state index in [1.807, 2.05) is 31.2 Å². The quantitative estimate of drug-likeness (QED) is 0.921. The summed E-state index contributed by atoms with van der Waals surface area (Å²) in [6.45, 7) is 2.12. The Kier molecular flexibility index (Phi) is 3.99. The molecule has 0 aliphatic heterocycles. The van der Waals surface area contributed by atoms with Crippen LogP contribution in [0.2, 0.25) is 5.02 Å². The molecule has 0 saturated carbocycles. The maximum Gasteiger partial charge on any atom is 0.242 e. The molecule has 1 heterocycles. The highest BCUT2D eigenvalue weighted by molar-refractivity contribution is 6.31. The molecule has 1 aromatic heterocycles. The molecule has 0 aliphatic rings. The Balaban J connectivity index is 1.97. The van der Waals surface area contributed by atoms with E-state index in [-0.39, 0.29) is 18.5 Å². The third-order valence-electron chi connectivity index (χ3n) is 2.61. The number of amides is 1. The van der Waals surface area contributed by atoms with Gasteiger partial charge in [-0.15, -0.1) is 0 Å². The molecule has 0 spiro atoms. The Bertz CT molecular complexity index is 525. The molecule has 1 N–H and O–H groups in total. The van der Waals surface area contributed by atoms with E-state index in [1.54, 1.807) is 23.1 Å². The molecule has 1 atom stereocenters. The second-order valence-electron chi connectivity index (χ2n) is 4.01. The molecule has 1 amide bonds. The number of aromatic nitrogens is 2. The van der Waals surface area contributed by atoms with Crippen LogP contribution in [0, 0.1) is 0 Å². The Morgan fingerprint density at radius 1 is 1.44 bits per heavy atom. The van der Waals surface area contributed by atoms with Gasteiger partial charge < -0.3 is 5.32 Å². The smallest absolute Gasteiger partial charge is 0.242 e. The van der Waals surface area contributed by atoms with Gasteiger partial charge in [-0.1, -0.05) is 29.8 Å². The summed E-state index contributed by atoms with van der Waals surface area (Å²) in [7, 11) is 0. The molecule has 18 heavy (non-hydrogen) atoms. The lowest BCUT2D eigenvalue weighted by atomic mass is 10.1. The van der Waals surface area contributed by atoms with Crippen molar-refractivity contribution in [3.05, 3.63) is 53.3 Å². The van der Waals surface area contributed by atoms with Crippen molar-refractivity contribution in [2.45, 2.75) is 19.5 Å². The highest BCUT2D eigenvalue weighted by Crippen LogP contribution is 2.21. The van der Waals surface area contributed by atoms with Crippen molar-refractivity contribution >= 4 is 17.5 Å². The van der Waals surface area contributed by atoms with Crippen LogP contribution in [0.4, 0.5) is 0 Å². The van der Waals surface area contributed by atoms with Crippen LogP contribution >= 0.6 is 11.6 Å². The number of hydrogen-bond acceptors (Lipinski definition) is 2. The minimum Gasteiger partial charge on any atom is -0.348 e. The molecule has 0 radical (unpaired) electrons. The molecular weight excluding hydrogens is 250 g/mol. The number of nitrogens with zero attached hydrogens (tertiary/aromatic N) is 2. The van der Waals surface area contributed by atoms with Crippen molar-refractivity contribution in [2.24, 2.45) is 0 Å². The highest BCUT2D eigenvalue weighted by Gasteiger charge is 2.12. The molecule has 2 aromatic rings. The van der Waals surface area contributed by atoms with E-state index in [9.17, 15) is 4.79 Å². The van der Waals surface area contributed by atoms with Gasteiger partial charge in [0, 0.05) is 17.4 Å². The van der Waals surface area contributed by atoms with E-state index >= 15 is 0 Å². The van der Waals surface area contributed by atoms with E-state index in [1.165, 1.54) is 0 Å². The molecule has 1 unspecified atom stereocenters. The average Bonchev–Trinajstić information content (AvgIpc) is 2.82. The fourth-order valence-electron chi connectivity index (χ4n) is 1.73. The van der Waals surface area contributed by atoms with Gasteiger partial charge >= 0.3 is 0 Å². The summed E-state index contributed by atoms with van der Waals surface area (Å²) in [5.74, 6) is -0.0916. The first-order valence-electron chi connectivity index (χ1n) is 5.68. The highest BCUT2D eigenvalue weighted by atomic mass is 35.5. The van der Waals surface area contributed by atoms with Crippen LogP contribution in [0.25, 0.3) is 0 Å². The van der Waals surface area contributed by atoms with Gasteiger partial charge in [-0.05, 0) is 24.6 Å². The van der Waals surface area contributed by atoms with Gasteiger partial charge in [0.05, 0.1) is 6.04 Å². The number of nitrogens with one attached hydrogen (secondary N) is 1. The SMILES string of the molecule is CC(NC(=O)Cn1cccn1)c1ccccc1Cl. The van der Waals surface area contributed by atoms with E-state index in [2.05, 4.69) is 10.4 Å². The Morgan fingerprint density at radius 3 is 2.89 bits per heavy atom. The lowest BCUT2D eigenvalue weighted by Crippen LogP contribution is -2.30. The van der Waals surface area contributed by atoms with Crippen molar-refractivity contribution in [2.75, 3.05) is 0 Å². The number of rotatable bonds is 4. The lowest BCUT2D eigenvalue weighted by molar-refractivity contribution is -0.122. The zero-order chi connectivity index (χ0) is 13.0. The van der Waals surface area contributed by atoms with E-state index < -0.39 is 0 Å². The first-order chi connectivity index (χ1) is 8.66. The summed E-state index contributed by atoms with van der Waals surface area (Å²) >= 11 is 6.08. The summed E-state index contributed by atoms with van der Waals surface area (Å²) in [6, 6.07) is 9.14. The maximum absolute atomic E-state index is 11.8. The molecule has 4 nitrogen and oxygen atoms in total. The predicted octanol–water partition coefficient (Wildman–Crippen LogP) is 2.41. The second-order valence-corrected chi connectivity index (χ2v) is 4.42. The zero-order valence-electron chi connectivity index (χ0n) is 10.0. The van der Waals surface area contributed by atoms with Crippen LogP contribution in [0.1, 0.15) is 18.5 Å². The molecule has 0 saturated heterocycles. The fourth-order valence-corrected chi connectivity index (χ4v) is 2.03. The Labute approximate surface area is 111 Å². The summed E-state index contributed by atoms with van der Waals surface area (Å²) < 4.78 is 1.58. The number of hydrogen-bond donors (Lipinski definition) is 1. The van der Waals surface area contributed by atoms with Crippen LogP contribution in [-0.2, 0) is 11.3 Å². The van der Waals surface area contributed by atoms with Crippen LogP contribution in [0.5, 0.6) is 0 Å². The first-order valence-corrected chi connectivity index (χ1v) is 6.06. The van der Waals surface area contributed by atoms with Crippen LogP contribution in [0.15, 0.2) is 42.7 Å². The van der Waals surface area contributed by atoms with E-state index in [0.717, 1.165) is 5.56 Å². The van der Waals surface area contributed by atoms with E-state index in [0.29, 0.717) is 5.02 Å². The second kappa shape index (κ2) is 5.69. The van der Waals surface area contributed by atoms with Gasteiger partial charge in [-0.2, -0.15) is 5.10 Å². The number of carbonyl (C=O) groups is 1. The summed E-state index contributed by atoms with van der Waals surface area (Å²) in [4.78, 5) is 11.8. The monoisotopic (exact) mass is 263 g/mol. The van der Waals surface area contributed by atoms with Gasteiger partial charge in [0.25, 0.3) is 0 Å². The molecule has 1 aromatic carbocycles. The summed E-state index contributed by atoms with van der Waals surface area (Å²) in [5.41, 5.74) is 0.910. The standard InChI is InChI=1S/C13H14ClN3O/c1-10(11-5-2-3-6-12(11)14)16-13(18)9-17-8-4-7-15-17/h2-8,10H,9H2,1H3,(H,16,18). The molecular formula is C13H14ClN3O. The van der Waals surface area contributed by atoms with Crippen LogP contribution in [0.3, 0.4) is 0 Å². The Hall–Kier alpha value is -1.81. The summed E-state index contributed by atoms with van der Waals surface area (Å²) in [6.07, 6.45) is 3.39. The van der Waals surface area contributed by atoms with Crippen molar-refractivity contribution in [1.82, 2.24) is 15.1 Å². The lowest BCUT2D eigenvalue weighted by Gasteiger charge is -2.15. The maximum atomic E-state index is 11.8. The van der Waals surface area contributed by atoms with Crippen molar-refractivity contribution in [3.8, 4) is 0 Å². The van der Waals surface area contributed by atoms with Gasteiger partial charge in [-0.3, -0.25) is 9.48 Å². The number of benzene rings is 1. The van der Waals surface area contributed by atoms with Crippen LogP contribution < -0.4 is 5.32 Å². The fraction of sp³-hybridized carbons (Fsp3) is 0.231. The van der Waals surface area contributed by atoms with Crippen molar-refractivity contribution < 1.29 is 4.79 Å². The number of halogens is 1. The third kappa shape index (κ3) is 3.11. The molecule has 5 heteroatoms. The molecule has 0 aliphatic carbocycles. The average molecular weight is 264 g/mol. The van der Waals surface area contributed by atoms with Crippen molar-refractivity contribution in [1.29, 1.82) is 0 Å². The topological polar surface area (TPSA) is 46.9 Å². The molecule has 0 fully saturated rings. The number of carbonyl (C=O) groups excluding carboxylic acids is 1. The normalized spacial score (nSPS) is 12.1. The predicted molar refractivity (Wildman–Crippen MR) is 70.2 cm³/mol. The molecule has 0 bridgehead atoms. The summed E-state index contributed by atoms with van der Waals surface area (Å²) in [5, 5.41) is 7.53. The van der Waals surface area contributed by atoms with E-state index in [4.69, 9.17) is 11.6 Å². The van der Waals surface area contributed by atoms with Gasteiger partial charge in [0.15, 0.2) is 0 Å². The third-order valence-corrected chi connectivity index (χ3v) is 2.96. The van der Waals surface area contributed by atoms with Gasteiger partial charge in [0.1, 0.15) is 6.54 Å². The van der Waals surface area contributed by atoms with Gasteiger partial charge in [-0.25, -0.2) is 0 Å². The zero-order valence-corrected chi connectivity index (χ0v) is 10.8. The largest absolute Gasteiger partial charge is 0.348 e. The first kappa shape index (κ1) is 12.6.